The Labute approximate surface area is 198 Å². The van der Waals surface area contributed by atoms with Crippen LogP contribution in [0.1, 0.15) is 37.3 Å². The normalized spacial score (nSPS) is 20.6. The van der Waals surface area contributed by atoms with E-state index in [1.165, 1.54) is 0 Å². The lowest BCUT2D eigenvalue weighted by Crippen LogP contribution is -2.46. The van der Waals surface area contributed by atoms with Crippen molar-refractivity contribution in [1.82, 2.24) is 10.6 Å². The van der Waals surface area contributed by atoms with Gasteiger partial charge in [-0.15, -0.1) is 0 Å². The van der Waals surface area contributed by atoms with Gasteiger partial charge in [0.25, 0.3) is 0 Å². The molecule has 1 fully saturated rings. The highest BCUT2D eigenvalue weighted by atomic mass is 16.5. The molecule has 180 valence electrons. The maximum Gasteiger partial charge on any atom is 0.407 e. The SMILES string of the molecule is CC(NC(=O)OCC1c2ccccc2-c2ccccc21)C(C)C(=O)NC[C@H]1CCO[C@H]1C(=O)O. The van der Waals surface area contributed by atoms with Crippen LogP contribution in [0.5, 0.6) is 0 Å². The van der Waals surface area contributed by atoms with E-state index in [1.54, 1.807) is 13.8 Å². The second-order valence-corrected chi connectivity index (χ2v) is 8.97. The molecule has 34 heavy (non-hydrogen) atoms. The highest BCUT2D eigenvalue weighted by Gasteiger charge is 2.35. The number of fused-ring (bicyclic) bond motifs is 3. The van der Waals surface area contributed by atoms with E-state index in [0.717, 1.165) is 22.3 Å². The molecule has 1 aliphatic carbocycles. The molecule has 0 saturated carbocycles. The topological polar surface area (TPSA) is 114 Å². The minimum Gasteiger partial charge on any atom is -0.479 e. The molecule has 4 atom stereocenters. The second kappa shape index (κ2) is 10.3. The Morgan fingerprint density at radius 1 is 1.06 bits per heavy atom. The first-order valence-electron chi connectivity index (χ1n) is 11.6. The molecule has 1 heterocycles. The summed E-state index contributed by atoms with van der Waals surface area (Å²) in [6.07, 6.45) is -0.893. The van der Waals surface area contributed by atoms with Crippen molar-refractivity contribution in [3.05, 3.63) is 59.7 Å². The molecule has 2 aromatic rings. The van der Waals surface area contributed by atoms with Crippen LogP contribution in [0, 0.1) is 11.8 Å². The predicted octanol–water partition coefficient (Wildman–Crippen LogP) is 3.16. The first-order valence-corrected chi connectivity index (χ1v) is 11.6. The monoisotopic (exact) mass is 466 g/mol. The van der Waals surface area contributed by atoms with E-state index < -0.39 is 30.1 Å². The summed E-state index contributed by atoms with van der Waals surface area (Å²) in [4.78, 5) is 36.3. The van der Waals surface area contributed by atoms with E-state index in [1.807, 2.05) is 24.3 Å². The third kappa shape index (κ3) is 4.92. The minimum atomic E-state index is -1.02. The number of amides is 2. The van der Waals surface area contributed by atoms with Crippen molar-refractivity contribution in [2.45, 2.75) is 38.3 Å². The molecule has 1 saturated heterocycles. The van der Waals surface area contributed by atoms with Crippen molar-refractivity contribution in [3.8, 4) is 11.1 Å². The summed E-state index contributed by atoms with van der Waals surface area (Å²) >= 11 is 0. The Morgan fingerprint density at radius 2 is 1.68 bits per heavy atom. The number of benzene rings is 2. The van der Waals surface area contributed by atoms with Crippen LogP contribution in [-0.2, 0) is 19.1 Å². The van der Waals surface area contributed by atoms with E-state index in [-0.39, 0.29) is 30.9 Å². The number of nitrogens with one attached hydrogen (secondary N) is 2. The average Bonchev–Trinajstić information content (AvgIpc) is 3.43. The van der Waals surface area contributed by atoms with Crippen LogP contribution < -0.4 is 10.6 Å². The Bertz CT molecular complexity index is 1030. The maximum atomic E-state index is 12.5. The zero-order valence-corrected chi connectivity index (χ0v) is 19.3. The van der Waals surface area contributed by atoms with Gasteiger partial charge < -0.3 is 25.2 Å². The van der Waals surface area contributed by atoms with Crippen molar-refractivity contribution >= 4 is 18.0 Å². The van der Waals surface area contributed by atoms with Crippen molar-refractivity contribution in [2.24, 2.45) is 11.8 Å². The minimum absolute atomic E-state index is 0.0370. The molecule has 2 unspecified atom stereocenters. The number of carbonyl (C=O) groups excluding carboxylic acids is 2. The van der Waals surface area contributed by atoms with E-state index in [9.17, 15) is 19.5 Å². The molecule has 2 aromatic carbocycles. The molecule has 1 aliphatic heterocycles. The van der Waals surface area contributed by atoms with Crippen molar-refractivity contribution in [1.29, 1.82) is 0 Å². The largest absolute Gasteiger partial charge is 0.479 e. The standard InChI is InChI=1S/C26H30N2O6/c1-15(24(29)27-13-17-11-12-33-23(17)25(30)31)16(2)28-26(32)34-14-22-20-9-5-3-7-18(20)19-8-4-6-10-21(19)22/h3-10,15-17,22-23H,11-14H2,1-2H3,(H,27,29)(H,28,32)(H,30,31)/t15?,16?,17-,23-/m1/s1. The zero-order chi connectivity index (χ0) is 24.2. The number of rotatable bonds is 8. The fourth-order valence-electron chi connectivity index (χ4n) is 4.69. The fraction of sp³-hybridized carbons (Fsp3) is 0.423. The Hall–Kier alpha value is -3.39. The molecule has 0 aromatic heterocycles. The Kier molecular flexibility index (Phi) is 7.17. The Balaban J connectivity index is 1.28. The van der Waals surface area contributed by atoms with Gasteiger partial charge in [0.1, 0.15) is 6.61 Å². The lowest BCUT2D eigenvalue weighted by Gasteiger charge is -2.22. The van der Waals surface area contributed by atoms with Gasteiger partial charge in [0.15, 0.2) is 6.10 Å². The van der Waals surface area contributed by atoms with Crippen molar-refractivity contribution < 1.29 is 29.0 Å². The maximum absolute atomic E-state index is 12.5. The van der Waals surface area contributed by atoms with Crippen LogP contribution in [0.25, 0.3) is 11.1 Å². The molecule has 3 N–H and O–H groups in total. The number of hydrogen-bond acceptors (Lipinski definition) is 5. The molecule has 0 spiro atoms. The molecule has 4 rings (SSSR count). The molecular weight excluding hydrogens is 436 g/mol. The summed E-state index contributed by atoms with van der Waals surface area (Å²) in [5.41, 5.74) is 4.58. The lowest BCUT2D eigenvalue weighted by atomic mass is 9.98. The lowest BCUT2D eigenvalue weighted by molar-refractivity contribution is -0.149. The quantitative estimate of drug-likeness (QED) is 0.551. The number of hydrogen-bond donors (Lipinski definition) is 3. The van der Waals surface area contributed by atoms with Gasteiger partial charge in [-0.05, 0) is 35.6 Å². The molecule has 8 nitrogen and oxygen atoms in total. The van der Waals surface area contributed by atoms with Gasteiger partial charge in [0.05, 0.1) is 5.92 Å². The van der Waals surface area contributed by atoms with Crippen molar-refractivity contribution in [2.75, 3.05) is 19.8 Å². The summed E-state index contributed by atoms with van der Waals surface area (Å²) in [5, 5.41) is 14.7. The van der Waals surface area contributed by atoms with Gasteiger partial charge in [0, 0.05) is 31.0 Å². The highest BCUT2D eigenvalue weighted by Crippen LogP contribution is 2.44. The first kappa shape index (κ1) is 23.8. The molecule has 8 heteroatoms. The molecule has 0 radical (unpaired) electrons. The third-order valence-corrected chi connectivity index (χ3v) is 6.85. The number of alkyl carbamates (subject to hydrolysis) is 1. The number of ether oxygens (including phenoxy) is 2. The van der Waals surface area contributed by atoms with Crippen LogP contribution in [0.15, 0.2) is 48.5 Å². The van der Waals surface area contributed by atoms with Crippen LogP contribution >= 0.6 is 0 Å². The molecule has 0 bridgehead atoms. The van der Waals surface area contributed by atoms with E-state index in [4.69, 9.17) is 9.47 Å². The molecular formula is C26H30N2O6. The predicted molar refractivity (Wildman–Crippen MR) is 125 cm³/mol. The van der Waals surface area contributed by atoms with E-state index in [2.05, 4.69) is 34.9 Å². The van der Waals surface area contributed by atoms with Crippen molar-refractivity contribution in [3.63, 3.8) is 0 Å². The smallest absolute Gasteiger partial charge is 0.407 e. The van der Waals surface area contributed by atoms with Crippen LogP contribution in [-0.4, -0.2) is 55.0 Å². The summed E-state index contributed by atoms with van der Waals surface area (Å²) in [6.45, 7) is 4.24. The zero-order valence-electron chi connectivity index (χ0n) is 19.3. The van der Waals surface area contributed by atoms with Crippen LogP contribution in [0.4, 0.5) is 4.79 Å². The number of aliphatic carboxylic acids is 1. The number of carbonyl (C=O) groups is 3. The van der Waals surface area contributed by atoms with Crippen LogP contribution in [0.2, 0.25) is 0 Å². The average molecular weight is 467 g/mol. The molecule has 2 aliphatic rings. The number of carboxylic acids is 1. The van der Waals surface area contributed by atoms with Gasteiger partial charge in [-0.1, -0.05) is 55.5 Å². The van der Waals surface area contributed by atoms with Gasteiger partial charge >= 0.3 is 12.1 Å². The number of carboxylic acid groups (broad SMARTS) is 1. The van der Waals surface area contributed by atoms with Gasteiger partial charge in [-0.2, -0.15) is 0 Å². The van der Waals surface area contributed by atoms with Gasteiger partial charge in [-0.25, -0.2) is 9.59 Å². The summed E-state index contributed by atoms with van der Waals surface area (Å²) in [6, 6.07) is 15.8. The fourth-order valence-corrected chi connectivity index (χ4v) is 4.69. The van der Waals surface area contributed by atoms with Gasteiger partial charge in [0.2, 0.25) is 5.91 Å². The van der Waals surface area contributed by atoms with E-state index >= 15 is 0 Å². The first-order chi connectivity index (χ1) is 16.4. The third-order valence-electron chi connectivity index (χ3n) is 6.85. The Morgan fingerprint density at radius 3 is 2.29 bits per heavy atom. The second-order valence-electron chi connectivity index (χ2n) is 8.97. The highest BCUT2D eigenvalue weighted by molar-refractivity contribution is 5.81. The van der Waals surface area contributed by atoms with E-state index in [0.29, 0.717) is 13.0 Å². The van der Waals surface area contributed by atoms with Gasteiger partial charge in [-0.3, -0.25) is 4.79 Å². The summed E-state index contributed by atoms with van der Waals surface area (Å²) in [7, 11) is 0. The molecule has 2 amide bonds. The summed E-state index contributed by atoms with van der Waals surface area (Å²) < 4.78 is 10.8. The summed E-state index contributed by atoms with van der Waals surface area (Å²) in [5.74, 6) is -2.10. The van der Waals surface area contributed by atoms with Crippen LogP contribution in [0.3, 0.4) is 0 Å².